The molecule has 0 bridgehead atoms. The second kappa shape index (κ2) is 17.9. The maximum atomic E-state index is 8.88. The number of hydrogen-bond donors (Lipinski definition) is 3. The van der Waals surface area contributed by atoms with Crippen LogP contribution in [0.5, 0.6) is 0 Å². The Morgan fingerprint density at radius 1 is 1.10 bits per heavy atom. The standard InChI is InChI=1S/CH4.Ca.Fe.Li.Mn.H3O4P.3H/c;;;;;1-5(2,3)4;;;/h1H4;;;;;(H3,1,2,3,4);;;. The molecule has 1 radical (unpaired) electrons. The van der Waals surface area contributed by atoms with Gasteiger partial charge in [0.15, 0.2) is 0 Å². The minimum Gasteiger partial charge on any atom is 0 e. The van der Waals surface area contributed by atoms with Crippen molar-refractivity contribution >= 4 is 64.4 Å². The number of phosphoric acid groups is 1. The normalized spacial score (nSPS) is 5.90. The molecule has 3 N–H and O–H groups in total. The Kier molecular flexibility index (Phi) is 68.5. The van der Waals surface area contributed by atoms with Crippen LogP contribution in [0.4, 0.5) is 0 Å². The van der Waals surface area contributed by atoms with Crippen LogP contribution >= 0.6 is 7.82 Å². The average molecular weight is 275 g/mol. The molecule has 0 amide bonds. The zero-order valence-corrected chi connectivity index (χ0v) is 6.11. The van der Waals surface area contributed by atoms with Gasteiger partial charge in [0.2, 0.25) is 0 Å². The molecule has 4 nitrogen and oxygen atoms in total. The van der Waals surface area contributed by atoms with Gasteiger partial charge < -0.3 is 14.7 Å². The van der Waals surface area contributed by atoms with E-state index in [1.54, 1.807) is 0 Å². The Labute approximate surface area is 123 Å². The molecule has 0 aromatic heterocycles. The van der Waals surface area contributed by atoms with Gasteiger partial charge in [-0.25, -0.2) is 4.57 Å². The van der Waals surface area contributed by atoms with Crippen molar-refractivity contribution in [2.45, 2.75) is 7.43 Å². The largest absolute Gasteiger partial charge is 0 e. The molecule has 0 spiro atoms. The van der Waals surface area contributed by atoms with E-state index in [0.29, 0.717) is 0 Å². The molecule has 0 saturated carbocycles. The Morgan fingerprint density at radius 3 is 1.10 bits per heavy atom. The van der Waals surface area contributed by atoms with Gasteiger partial charge in [-0.05, 0) is 0 Å². The van der Waals surface area contributed by atoms with Crippen LogP contribution in [0, 0.1) is 0 Å². The van der Waals surface area contributed by atoms with E-state index >= 15 is 0 Å². The van der Waals surface area contributed by atoms with Crippen LogP contribution in [0.15, 0.2) is 0 Å². The Bertz CT molecular complexity index is 71.4. The minimum absolute atomic E-state index is 0. The fraction of sp³-hybridized carbons (Fsp3) is 1.00. The van der Waals surface area contributed by atoms with Crippen LogP contribution in [0.1, 0.15) is 7.43 Å². The van der Waals surface area contributed by atoms with Gasteiger partial charge in [0.1, 0.15) is 0 Å². The summed E-state index contributed by atoms with van der Waals surface area (Å²) in [5.41, 5.74) is 0. The molecule has 0 aromatic rings. The third-order valence-electron chi connectivity index (χ3n) is 0. The monoisotopic (exact) mass is 275 g/mol. The molecule has 0 atom stereocenters. The first-order chi connectivity index (χ1) is 2.00. The van der Waals surface area contributed by atoms with Crippen molar-refractivity contribution in [1.82, 2.24) is 0 Å². The van der Waals surface area contributed by atoms with Crippen LogP contribution in [-0.4, -0.2) is 71.3 Å². The summed E-state index contributed by atoms with van der Waals surface area (Å²) < 4.78 is 8.88. The van der Waals surface area contributed by atoms with Crippen molar-refractivity contribution in [3.05, 3.63) is 0 Å². The topological polar surface area (TPSA) is 77.8 Å². The molecule has 0 aliphatic heterocycles. The number of rotatable bonds is 0. The second-order valence-electron chi connectivity index (χ2n) is 0.513. The molecule has 10 heavy (non-hydrogen) atoms. The van der Waals surface area contributed by atoms with Crippen LogP contribution in [0.3, 0.4) is 0 Å². The van der Waals surface area contributed by atoms with Gasteiger partial charge >= 0.3 is 64.4 Å². The molecule has 0 unspecified atom stereocenters. The van der Waals surface area contributed by atoms with Crippen molar-refractivity contribution in [3.8, 4) is 0 Å². The molecular formula is CH10CaFeLiMnO4P. The van der Waals surface area contributed by atoms with Crippen molar-refractivity contribution in [3.63, 3.8) is 0 Å². The third-order valence-corrected chi connectivity index (χ3v) is 0. The van der Waals surface area contributed by atoms with Gasteiger partial charge in [-0.15, -0.1) is 0 Å². The summed E-state index contributed by atoms with van der Waals surface area (Å²) in [6.45, 7) is 0. The summed E-state index contributed by atoms with van der Waals surface area (Å²) in [5.74, 6) is 0. The zero-order valence-electron chi connectivity index (χ0n) is 2.93. The summed E-state index contributed by atoms with van der Waals surface area (Å²) in [5, 5.41) is 0. The van der Waals surface area contributed by atoms with E-state index in [9.17, 15) is 0 Å². The molecule has 0 saturated heterocycles. The van der Waals surface area contributed by atoms with E-state index in [1.165, 1.54) is 0 Å². The number of hydrogen-bond acceptors (Lipinski definition) is 1. The van der Waals surface area contributed by atoms with Gasteiger partial charge in [0.05, 0.1) is 0 Å². The fourth-order valence-electron chi connectivity index (χ4n) is 0. The predicted molar refractivity (Wildman–Crippen MR) is 36.7 cm³/mol. The summed E-state index contributed by atoms with van der Waals surface area (Å²) in [6.07, 6.45) is 0. The first kappa shape index (κ1) is 38.2. The molecule has 0 aliphatic rings. The summed E-state index contributed by atoms with van der Waals surface area (Å²) in [7, 11) is -4.64. The molecule has 0 heterocycles. The van der Waals surface area contributed by atoms with Crippen LogP contribution in [0.2, 0.25) is 0 Å². The molecule has 0 aromatic carbocycles. The van der Waals surface area contributed by atoms with Crippen molar-refractivity contribution in [2.75, 3.05) is 0 Å². The van der Waals surface area contributed by atoms with Crippen molar-refractivity contribution in [2.24, 2.45) is 0 Å². The average Bonchev–Trinajstić information content (AvgIpc) is 0.722. The molecule has 0 rings (SSSR count). The van der Waals surface area contributed by atoms with Gasteiger partial charge in [0, 0.05) is 34.1 Å². The summed E-state index contributed by atoms with van der Waals surface area (Å²) in [4.78, 5) is 21.6. The van der Waals surface area contributed by atoms with E-state index in [0.717, 1.165) is 0 Å². The Balaban J connectivity index is -0.00000000800. The van der Waals surface area contributed by atoms with E-state index in [4.69, 9.17) is 19.2 Å². The smallest absolute Gasteiger partial charge is 0 e. The Morgan fingerprint density at radius 2 is 1.10 bits per heavy atom. The summed E-state index contributed by atoms with van der Waals surface area (Å²) >= 11 is 0. The SMILES string of the molecule is C.O=P(O)(O)O.[CaH2].[Fe].[LiH].[Mn]. The van der Waals surface area contributed by atoms with Crippen LogP contribution in [0.25, 0.3) is 0 Å². The third kappa shape index (κ3) is 122. The molecular weight excluding hydrogens is 265 g/mol. The van der Waals surface area contributed by atoms with E-state index in [-0.39, 0.29) is 98.2 Å². The first-order valence-corrected chi connectivity index (χ1v) is 2.35. The Hall–Kier alpha value is 3.01. The second-order valence-corrected chi connectivity index (χ2v) is 1.54. The molecule has 0 aliphatic carbocycles. The van der Waals surface area contributed by atoms with Crippen molar-refractivity contribution < 1.29 is 53.4 Å². The summed E-state index contributed by atoms with van der Waals surface area (Å²) in [6, 6.07) is 0. The maximum Gasteiger partial charge on any atom is 0 e. The minimum atomic E-state index is -4.64. The molecule has 0 fully saturated rings. The molecule has 61 valence electrons. The zero-order chi connectivity index (χ0) is 4.50. The van der Waals surface area contributed by atoms with E-state index in [1.807, 2.05) is 0 Å². The predicted octanol–water partition coefficient (Wildman–Crippen LogP) is -1.86. The van der Waals surface area contributed by atoms with Gasteiger partial charge in [-0.1, -0.05) is 7.43 Å². The quantitative estimate of drug-likeness (QED) is 0.358. The van der Waals surface area contributed by atoms with E-state index < -0.39 is 7.82 Å². The molecule has 9 heteroatoms. The van der Waals surface area contributed by atoms with Crippen molar-refractivity contribution in [1.29, 1.82) is 0 Å². The fourth-order valence-corrected chi connectivity index (χ4v) is 0. The van der Waals surface area contributed by atoms with Gasteiger partial charge in [-0.3, -0.25) is 0 Å². The van der Waals surface area contributed by atoms with Crippen LogP contribution in [-0.2, 0) is 38.7 Å². The maximum absolute atomic E-state index is 8.88. The van der Waals surface area contributed by atoms with Crippen LogP contribution < -0.4 is 0 Å². The van der Waals surface area contributed by atoms with Gasteiger partial charge in [0.25, 0.3) is 0 Å². The first-order valence-electron chi connectivity index (χ1n) is 0.783. The van der Waals surface area contributed by atoms with E-state index in [2.05, 4.69) is 0 Å². The van der Waals surface area contributed by atoms with Gasteiger partial charge in [-0.2, -0.15) is 0 Å².